The second kappa shape index (κ2) is 5.58. The summed E-state index contributed by atoms with van der Waals surface area (Å²) in [5, 5.41) is 4.04. The van der Waals surface area contributed by atoms with Crippen LogP contribution in [0.2, 0.25) is 0 Å². The van der Waals surface area contributed by atoms with Gasteiger partial charge in [-0.2, -0.15) is 0 Å². The van der Waals surface area contributed by atoms with Gasteiger partial charge >= 0.3 is 5.97 Å². The van der Waals surface area contributed by atoms with Crippen LogP contribution in [0.5, 0.6) is 0 Å². The van der Waals surface area contributed by atoms with E-state index in [0.717, 1.165) is 5.56 Å². The van der Waals surface area contributed by atoms with Crippen LogP contribution in [0.3, 0.4) is 0 Å². The van der Waals surface area contributed by atoms with Crippen LogP contribution in [-0.2, 0) is 4.74 Å². The number of carbonyl (C=O) groups is 1. The Morgan fingerprint density at radius 2 is 1.90 bits per heavy atom. The van der Waals surface area contributed by atoms with Gasteiger partial charge in [0.1, 0.15) is 5.69 Å². The van der Waals surface area contributed by atoms with Gasteiger partial charge in [0.15, 0.2) is 5.76 Å². The van der Waals surface area contributed by atoms with Gasteiger partial charge < -0.3 is 9.26 Å². The van der Waals surface area contributed by atoms with Gasteiger partial charge in [-0.25, -0.2) is 4.79 Å². The lowest BCUT2D eigenvalue weighted by Gasteiger charge is -2.03. The molecule has 0 saturated carbocycles. The summed E-state index contributed by atoms with van der Waals surface area (Å²) in [6, 6.07) is 12.6. The lowest BCUT2D eigenvalue weighted by Crippen LogP contribution is -2.03. The number of nitrogens with zero attached hydrogens (tertiary/aromatic N) is 2. The van der Waals surface area contributed by atoms with E-state index in [1.165, 1.54) is 7.11 Å². The highest BCUT2D eigenvalue weighted by molar-refractivity contribution is 5.96. The van der Waals surface area contributed by atoms with Gasteiger partial charge in [0.05, 0.1) is 12.7 Å². The first kappa shape index (κ1) is 13.1. The molecule has 0 amide bonds. The summed E-state index contributed by atoms with van der Waals surface area (Å²) in [6.07, 6.45) is 3.36. The molecule has 5 nitrogen and oxygen atoms in total. The van der Waals surface area contributed by atoms with Gasteiger partial charge in [0.25, 0.3) is 0 Å². The molecule has 0 spiro atoms. The number of rotatable bonds is 3. The van der Waals surface area contributed by atoms with Crippen molar-refractivity contribution in [1.82, 2.24) is 10.1 Å². The summed E-state index contributed by atoms with van der Waals surface area (Å²) < 4.78 is 10.1. The van der Waals surface area contributed by atoms with Crippen LogP contribution in [0.15, 0.2) is 59.4 Å². The zero-order valence-electron chi connectivity index (χ0n) is 11.3. The number of ether oxygens (including phenoxy) is 1. The maximum absolute atomic E-state index is 11.8. The number of aromatic nitrogens is 2. The SMILES string of the molecule is COC(=O)c1ccccc1-c1cc(-c2ccncc2)on1. The van der Waals surface area contributed by atoms with Crippen LogP contribution in [-0.4, -0.2) is 23.2 Å². The van der Waals surface area contributed by atoms with Gasteiger partial charge in [-0.05, 0) is 18.2 Å². The van der Waals surface area contributed by atoms with E-state index in [-0.39, 0.29) is 0 Å². The molecule has 2 aromatic heterocycles. The normalized spacial score (nSPS) is 10.3. The average Bonchev–Trinajstić information content (AvgIpc) is 3.05. The summed E-state index contributed by atoms with van der Waals surface area (Å²) in [6.45, 7) is 0. The Balaban J connectivity index is 2.03. The highest BCUT2D eigenvalue weighted by atomic mass is 16.5. The lowest BCUT2D eigenvalue weighted by atomic mass is 10.0. The molecule has 0 fully saturated rings. The van der Waals surface area contributed by atoms with Crippen LogP contribution in [0.4, 0.5) is 0 Å². The molecule has 0 aliphatic carbocycles. The molecule has 5 heteroatoms. The third-order valence-electron chi connectivity index (χ3n) is 3.08. The van der Waals surface area contributed by atoms with Crippen molar-refractivity contribution in [3.05, 3.63) is 60.4 Å². The van der Waals surface area contributed by atoms with E-state index in [1.54, 1.807) is 36.7 Å². The van der Waals surface area contributed by atoms with E-state index < -0.39 is 5.97 Å². The molecule has 0 radical (unpaired) electrons. The Kier molecular flexibility index (Phi) is 3.47. The second-order valence-corrected chi connectivity index (χ2v) is 4.35. The van der Waals surface area contributed by atoms with E-state index in [0.29, 0.717) is 22.6 Å². The largest absolute Gasteiger partial charge is 0.465 e. The van der Waals surface area contributed by atoms with Gasteiger partial charge in [-0.3, -0.25) is 4.98 Å². The maximum Gasteiger partial charge on any atom is 0.338 e. The van der Waals surface area contributed by atoms with E-state index in [4.69, 9.17) is 9.26 Å². The van der Waals surface area contributed by atoms with Crippen LogP contribution >= 0.6 is 0 Å². The summed E-state index contributed by atoms with van der Waals surface area (Å²) in [5.41, 5.74) is 2.59. The summed E-state index contributed by atoms with van der Waals surface area (Å²) >= 11 is 0. The molecule has 0 bridgehead atoms. The number of hydrogen-bond acceptors (Lipinski definition) is 5. The molecule has 0 aliphatic rings. The molecule has 0 atom stereocenters. The monoisotopic (exact) mass is 280 g/mol. The molecule has 0 saturated heterocycles. The first-order chi connectivity index (χ1) is 10.3. The Morgan fingerprint density at radius 1 is 1.14 bits per heavy atom. The van der Waals surface area contributed by atoms with Gasteiger partial charge in [0, 0.05) is 29.6 Å². The minimum atomic E-state index is -0.404. The summed E-state index contributed by atoms with van der Waals surface area (Å²) in [5.74, 6) is 0.214. The topological polar surface area (TPSA) is 65.2 Å². The first-order valence-electron chi connectivity index (χ1n) is 6.34. The molecule has 2 heterocycles. The van der Waals surface area contributed by atoms with E-state index in [9.17, 15) is 4.79 Å². The Labute approximate surface area is 121 Å². The molecule has 3 rings (SSSR count). The maximum atomic E-state index is 11.8. The van der Waals surface area contributed by atoms with Crippen LogP contribution in [0.1, 0.15) is 10.4 Å². The predicted octanol–water partition coefficient (Wildman–Crippen LogP) is 3.19. The third kappa shape index (κ3) is 2.53. The van der Waals surface area contributed by atoms with E-state index in [2.05, 4.69) is 10.1 Å². The van der Waals surface area contributed by atoms with Crippen molar-refractivity contribution in [1.29, 1.82) is 0 Å². The fourth-order valence-corrected chi connectivity index (χ4v) is 2.05. The van der Waals surface area contributed by atoms with Gasteiger partial charge in [0.2, 0.25) is 0 Å². The quantitative estimate of drug-likeness (QED) is 0.689. The number of methoxy groups -OCH3 is 1. The number of benzene rings is 1. The summed E-state index contributed by atoms with van der Waals surface area (Å²) in [4.78, 5) is 15.8. The number of hydrogen-bond donors (Lipinski definition) is 0. The molecule has 0 N–H and O–H groups in total. The van der Waals surface area contributed by atoms with Crippen molar-refractivity contribution in [2.24, 2.45) is 0 Å². The number of pyridine rings is 1. The number of carbonyl (C=O) groups excluding carboxylic acids is 1. The minimum Gasteiger partial charge on any atom is -0.465 e. The zero-order valence-corrected chi connectivity index (χ0v) is 11.3. The van der Waals surface area contributed by atoms with Crippen molar-refractivity contribution in [2.75, 3.05) is 7.11 Å². The molecule has 1 aromatic carbocycles. The molecule has 104 valence electrons. The zero-order chi connectivity index (χ0) is 14.7. The fraction of sp³-hybridized carbons (Fsp3) is 0.0625. The average molecular weight is 280 g/mol. The van der Waals surface area contributed by atoms with Crippen molar-refractivity contribution < 1.29 is 14.1 Å². The standard InChI is InChI=1S/C16H12N2O3/c1-20-16(19)13-5-3-2-4-12(13)14-10-15(21-18-14)11-6-8-17-9-7-11/h2-10H,1H3. The highest BCUT2D eigenvalue weighted by Gasteiger charge is 2.16. The highest BCUT2D eigenvalue weighted by Crippen LogP contribution is 2.28. The minimum absolute atomic E-state index is 0.404. The Bertz CT molecular complexity index is 766. The molecule has 3 aromatic rings. The van der Waals surface area contributed by atoms with Crippen molar-refractivity contribution in [3.8, 4) is 22.6 Å². The van der Waals surface area contributed by atoms with E-state index in [1.807, 2.05) is 18.2 Å². The Morgan fingerprint density at radius 3 is 2.67 bits per heavy atom. The third-order valence-corrected chi connectivity index (χ3v) is 3.08. The number of esters is 1. The van der Waals surface area contributed by atoms with Crippen LogP contribution in [0, 0.1) is 0 Å². The first-order valence-corrected chi connectivity index (χ1v) is 6.34. The predicted molar refractivity (Wildman–Crippen MR) is 76.5 cm³/mol. The van der Waals surface area contributed by atoms with Gasteiger partial charge in [-0.1, -0.05) is 23.4 Å². The molecular weight excluding hydrogens is 268 g/mol. The van der Waals surface area contributed by atoms with Crippen molar-refractivity contribution in [3.63, 3.8) is 0 Å². The van der Waals surface area contributed by atoms with Gasteiger partial charge in [-0.15, -0.1) is 0 Å². The van der Waals surface area contributed by atoms with E-state index >= 15 is 0 Å². The smallest absolute Gasteiger partial charge is 0.338 e. The summed E-state index contributed by atoms with van der Waals surface area (Å²) in [7, 11) is 1.35. The fourth-order valence-electron chi connectivity index (χ4n) is 2.05. The molecule has 0 aliphatic heterocycles. The molecule has 21 heavy (non-hydrogen) atoms. The molecule has 0 unspecified atom stereocenters. The molecular formula is C16H12N2O3. The van der Waals surface area contributed by atoms with Crippen LogP contribution < -0.4 is 0 Å². The second-order valence-electron chi connectivity index (χ2n) is 4.35. The lowest BCUT2D eigenvalue weighted by molar-refractivity contribution is 0.0601. The van der Waals surface area contributed by atoms with Crippen molar-refractivity contribution >= 4 is 5.97 Å². The van der Waals surface area contributed by atoms with Crippen LogP contribution in [0.25, 0.3) is 22.6 Å². The Hall–Kier alpha value is -2.95. The van der Waals surface area contributed by atoms with Crippen molar-refractivity contribution in [2.45, 2.75) is 0 Å².